The van der Waals surface area contributed by atoms with E-state index in [1.165, 1.54) is 12.8 Å². The van der Waals surface area contributed by atoms with Crippen molar-refractivity contribution in [3.8, 4) is 0 Å². The molecule has 3 nitrogen and oxygen atoms in total. The van der Waals surface area contributed by atoms with Crippen LogP contribution in [0.1, 0.15) is 47.5 Å². The average Bonchev–Trinajstić information content (AvgIpc) is 2.24. The van der Waals surface area contributed by atoms with Crippen molar-refractivity contribution in [2.75, 3.05) is 19.7 Å². The van der Waals surface area contributed by atoms with Gasteiger partial charge in [0.2, 0.25) is 0 Å². The minimum atomic E-state index is -0.109. The number of hydrogen-bond acceptors (Lipinski definition) is 3. The van der Waals surface area contributed by atoms with E-state index in [-0.39, 0.29) is 5.97 Å². The Kier molecular flexibility index (Phi) is 8.26. The van der Waals surface area contributed by atoms with Crippen LogP contribution in [0, 0.1) is 5.92 Å². The molecule has 0 bridgehead atoms. The fourth-order valence-electron chi connectivity index (χ4n) is 1.71. The smallest absolute Gasteiger partial charge is 0.320 e. The lowest BCUT2D eigenvalue weighted by molar-refractivity contribution is -0.145. The van der Waals surface area contributed by atoms with Crippen molar-refractivity contribution >= 4 is 5.97 Å². The molecule has 0 amide bonds. The van der Waals surface area contributed by atoms with Crippen molar-refractivity contribution in [2.24, 2.45) is 5.92 Å². The Balaban J connectivity index is 4.21. The molecular weight excluding hydrogens is 202 g/mol. The summed E-state index contributed by atoms with van der Waals surface area (Å²) in [4.78, 5) is 13.7. The number of hydrogen-bond donors (Lipinski definition) is 0. The number of esters is 1. The van der Waals surface area contributed by atoms with Gasteiger partial charge >= 0.3 is 5.97 Å². The van der Waals surface area contributed by atoms with Crippen LogP contribution < -0.4 is 0 Å². The number of nitrogens with zero attached hydrogens (tertiary/aromatic N) is 1. The lowest BCUT2D eigenvalue weighted by Gasteiger charge is -2.29. The molecule has 0 rings (SSSR count). The third kappa shape index (κ3) is 6.11. The molecule has 0 heterocycles. The highest BCUT2D eigenvalue weighted by atomic mass is 16.5. The Labute approximate surface area is 100 Å². The first-order valence-electron chi connectivity index (χ1n) is 6.44. The zero-order valence-corrected chi connectivity index (χ0v) is 11.5. The van der Waals surface area contributed by atoms with Gasteiger partial charge in [0.25, 0.3) is 0 Å². The summed E-state index contributed by atoms with van der Waals surface area (Å²) < 4.78 is 4.99. The SMILES string of the molecule is CCOC(=O)CN(CC(CC)CC)C(C)C. The fourth-order valence-corrected chi connectivity index (χ4v) is 1.71. The third-order valence-electron chi connectivity index (χ3n) is 3.02. The second-order valence-electron chi connectivity index (χ2n) is 4.51. The van der Waals surface area contributed by atoms with Gasteiger partial charge in [-0.3, -0.25) is 9.69 Å². The van der Waals surface area contributed by atoms with Gasteiger partial charge < -0.3 is 4.74 Å². The summed E-state index contributed by atoms with van der Waals surface area (Å²) in [6, 6.07) is 0.394. The standard InChI is InChI=1S/C13H27NO2/c1-6-12(7-2)9-14(11(4)5)10-13(15)16-8-3/h11-12H,6-10H2,1-5H3. The Morgan fingerprint density at radius 3 is 2.12 bits per heavy atom. The van der Waals surface area contributed by atoms with Gasteiger partial charge in [-0.15, -0.1) is 0 Å². The lowest BCUT2D eigenvalue weighted by atomic mass is 10.0. The van der Waals surface area contributed by atoms with Crippen molar-refractivity contribution < 1.29 is 9.53 Å². The molecule has 0 aliphatic carbocycles. The van der Waals surface area contributed by atoms with E-state index >= 15 is 0 Å². The highest BCUT2D eigenvalue weighted by Gasteiger charge is 2.17. The first-order valence-corrected chi connectivity index (χ1v) is 6.44. The van der Waals surface area contributed by atoms with E-state index in [0.717, 1.165) is 6.54 Å². The van der Waals surface area contributed by atoms with Gasteiger partial charge in [0.1, 0.15) is 0 Å². The summed E-state index contributed by atoms with van der Waals surface area (Å²) in [6.07, 6.45) is 2.34. The van der Waals surface area contributed by atoms with E-state index in [9.17, 15) is 4.79 Å². The minimum absolute atomic E-state index is 0.109. The first kappa shape index (κ1) is 15.4. The van der Waals surface area contributed by atoms with Crippen LogP contribution in [-0.2, 0) is 9.53 Å². The Hall–Kier alpha value is -0.570. The summed E-state index contributed by atoms with van der Waals surface area (Å²) in [5.41, 5.74) is 0. The van der Waals surface area contributed by atoms with E-state index in [1.54, 1.807) is 0 Å². The van der Waals surface area contributed by atoms with Gasteiger partial charge in [-0.25, -0.2) is 0 Å². The van der Waals surface area contributed by atoms with Crippen LogP contribution in [0.5, 0.6) is 0 Å². The summed E-state index contributed by atoms with van der Waals surface area (Å²) >= 11 is 0. The number of ether oxygens (including phenoxy) is 1. The molecule has 0 unspecified atom stereocenters. The molecule has 0 fully saturated rings. The van der Waals surface area contributed by atoms with Crippen LogP contribution in [0.2, 0.25) is 0 Å². The maximum absolute atomic E-state index is 11.5. The number of carbonyl (C=O) groups excluding carboxylic acids is 1. The van der Waals surface area contributed by atoms with Gasteiger partial charge in [-0.2, -0.15) is 0 Å². The van der Waals surface area contributed by atoms with Crippen molar-refractivity contribution in [1.29, 1.82) is 0 Å². The van der Waals surface area contributed by atoms with Crippen LogP contribution >= 0.6 is 0 Å². The molecule has 0 aromatic rings. The van der Waals surface area contributed by atoms with E-state index in [4.69, 9.17) is 4.74 Å². The van der Waals surface area contributed by atoms with Gasteiger partial charge in [0, 0.05) is 12.6 Å². The Morgan fingerprint density at radius 1 is 1.19 bits per heavy atom. The summed E-state index contributed by atoms with van der Waals surface area (Å²) in [5.74, 6) is 0.569. The van der Waals surface area contributed by atoms with E-state index < -0.39 is 0 Å². The zero-order chi connectivity index (χ0) is 12.6. The van der Waals surface area contributed by atoms with Crippen molar-refractivity contribution in [2.45, 2.75) is 53.5 Å². The molecule has 0 saturated carbocycles. The quantitative estimate of drug-likeness (QED) is 0.599. The molecule has 0 saturated heterocycles. The summed E-state index contributed by atoms with van der Waals surface area (Å²) in [7, 11) is 0. The maximum Gasteiger partial charge on any atom is 0.320 e. The van der Waals surface area contributed by atoms with Crippen LogP contribution in [0.15, 0.2) is 0 Å². The fraction of sp³-hybridized carbons (Fsp3) is 0.923. The summed E-state index contributed by atoms with van der Waals surface area (Å²) in [6.45, 7) is 12.4. The van der Waals surface area contributed by atoms with Crippen molar-refractivity contribution in [3.63, 3.8) is 0 Å². The van der Waals surface area contributed by atoms with Gasteiger partial charge in [-0.05, 0) is 26.7 Å². The molecule has 0 aromatic heterocycles. The Morgan fingerprint density at radius 2 is 1.75 bits per heavy atom. The monoisotopic (exact) mass is 229 g/mol. The first-order chi connectivity index (χ1) is 7.54. The Bertz CT molecular complexity index is 188. The second-order valence-corrected chi connectivity index (χ2v) is 4.51. The van der Waals surface area contributed by atoms with Crippen LogP contribution in [0.25, 0.3) is 0 Å². The zero-order valence-electron chi connectivity index (χ0n) is 11.5. The van der Waals surface area contributed by atoms with Crippen LogP contribution in [0.3, 0.4) is 0 Å². The maximum atomic E-state index is 11.5. The average molecular weight is 229 g/mol. The van der Waals surface area contributed by atoms with Crippen LogP contribution in [-0.4, -0.2) is 36.6 Å². The third-order valence-corrected chi connectivity index (χ3v) is 3.02. The molecule has 0 radical (unpaired) electrons. The molecule has 3 heteroatoms. The lowest BCUT2D eigenvalue weighted by Crippen LogP contribution is -2.39. The minimum Gasteiger partial charge on any atom is -0.465 e. The van der Waals surface area contributed by atoms with Crippen molar-refractivity contribution in [3.05, 3.63) is 0 Å². The summed E-state index contributed by atoms with van der Waals surface area (Å²) in [5, 5.41) is 0. The predicted octanol–water partition coefficient (Wildman–Crippen LogP) is 2.70. The molecule has 0 N–H and O–H groups in total. The van der Waals surface area contributed by atoms with E-state index in [1.807, 2.05) is 6.92 Å². The molecule has 0 aliphatic heterocycles. The van der Waals surface area contributed by atoms with E-state index in [2.05, 4.69) is 32.6 Å². The molecule has 0 atom stereocenters. The van der Waals surface area contributed by atoms with Gasteiger partial charge in [-0.1, -0.05) is 26.7 Å². The second kappa shape index (κ2) is 8.57. The molecule has 16 heavy (non-hydrogen) atoms. The van der Waals surface area contributed by atoms with Gasteiger partial charge in [0.05, 0.1) is 13.2 Å². The number of carbonyl (C=O) groups is 1. The molecule has 0 spiro atoms. The molecule has 96 valence electrons. The topological polar surface area (TPSA) is 29.5 Å². The van der Waals surface area contributed by atoms with Crippen molar-refractivity contribution in [1.82, 2.24) is 4.90 Å². The normalized spacial score (nSPS) is 11.5. The highest BCUT2D eigenvalue weighted by molar-refractivity contribution is 5.71. The highest BCUT2D eigenvalue weighted by Crippen LogP contribution is 2.12. The largest absolute Gasteiger partial charge is 0.465 e. The molecule has 0 aliphatic rings. The predicted molar refractivity (Wildman–Crippen MR) is 67.4 cm³/mol. The van der Waals surface area contributed by atoms with Gasteiger partial charge in [0.15, 0.2) is 0 Å². The number of rotatable bonds is 8. The molecular formula is C13H27NO2. The van der Waals surface area contributed by atoms with Crippen LogP contribution in [0.4, 0.5) is 0 Å². The molecule has 0 aromatic carbocycles. The van der Waals surface area contributed by atoms with E-state index in [0.29, 0.717) is 25.1 Å².